The highest BCUT2D eigenvalue weighted by Gasteiger charge is 2.28. The van der Waals surface area contributed by atoms with Crippen LogP contribution in [0, 0.1) is 13.8 Å². The number of carbonyl (C=O) groups excluding carboxylic acids is 1. The second kappa shape index (κ2) is 9.31. The Hall–Kier alpha value is -2.23. The minimum absolute atomic E-state index is 0. The maximum Gasteiger partial charge on any atom is 0.277 e. The molecule has 0 atom stereocenters. The zero-order chi connectivity index (χ0) is 20.2. The fourth-order valence-electron chi connectivity index (χ4n) is 2.31. The standard InChI is InChI=1S/C18H21F2N3O3S.ClH/c1-12-4-3-5-14(8-12)23-27(25,26)15-7-6-13(2)16(9-15)17(24)22-11-18(19,20)10-21;/h3-9,23H,10-11,21H2,1-2H3,(H,22,24);1H. The van der Waals surface area contributed by atoms with Gasteiger partial charge in [0.25, 0.3) is 21.9 Å². The number of carbonyl (C=O) groups is 1. The van der Waals surface area contributed by atoms with E-state index in [0.717, 1.165) is 11.6 Å². The van der Waals surface area contributed by atoms with Crippen LogP contribution in [0.3, 0.4) is 0 Å². The fourth-order valence-corrected chi connectivity index (χ4v) is 3.39. The first-order valence-corrected chi connectivity index (χ1v) is 9.59. The lowest BCUT2D eigenvalue weighted by molar-refractivity contribution is 0.0118. The minimum atomic E-state index is -3.95. The third-order valence-electron chi connectivity index (χ3n) is 3.84. The van der Waals surface area contributed by atoms with Crippen molar-refractivity contribution in [2.75, 3.05) is 17.8 Å². The van der Waals surface area contributed by atoms with Gasteiger partial charge in [0, 0.05) is 11.3 Å². The fraction of sp³-hybridized carbons (Fsp3) is 0.278. The van der Waals surface area contributed by atoms with Crippen molar-refractivity contribution in [1.82, 2.24) is 5.32 Å². The lowest BCUT2D eigenvalue weighted by Crippen LogP contribution is -2.41. The van der Waals surface area contributed by atoms with Gasteiger partial charge in [-0.15, -0.1) is 12.4 Å². The molecule has 154 valence electrons. The molecule has 0 unspecified atom stereocenters. The highest BCUT2D eigenvalue weighted by Crippen LogP contribution is 2.20. The number of rotatable bonds is 7. The topological polar surface area (TPSA) is 101 Å². The van der Waals surface area contributed by atoms with E-state index in [1.165, 1.54) is 12.1 Å². The molecule has 0 saturated heterocycles. The molecular weight excluding hydrogens is 412 g/mol. The molecule has 1 amide bonds. The Morgan fingerprint density at radius 3 is 2.43 bits per heavy atom. The molecule has 10 heteroatoms. The van der Waals surface area contributed by atoms with E-state index in [1.54, 1.807) is 25.1 Å². The monoisotopic (exact) mass is 433 g/mol. The number of halogens is 3. The van der Waals surface area contributed by atoms with Crippen LogP contribution in [0.4, 0.5) is 14.5 Å². The molecule has 0 aromatic heterocycles. The summed E-state index contributed by atoms with van der Waals surface area (Å²) in [6.07, 6.45) is 0. The van der Waals surface area contributed by atoms with E-state index in [9.17, 15) is 22.0 Å². The van der Waals surface area contributed by atoms with E-state index in [0.29, 0.717) is 11.3 Å². The van der Waals surface area contributed by atoms with E-state index >= 15 is 0 Å². The molecule has 0 fully saturated rings. The molecule has 0 bridgehead atoms. The van der Waals surface area contributed by atoms with Crippen molar-refractivity contribution in [2.45, 2.75) is 24.7 Å². The lowest BCUT2D eigenvalue weighted by atomic mass is 10.1. The zero-order valence-corrected chi connectivity index (χ0v) is 17.0. The van der Waals surface area contributed by atoms with Crippen LogP contribution in [0.25, 0.3) is 0 Å². The molecule has 0 aliphatic rings. The quantitative estimate of drug-likeness (QED) is 0.624. The van der Waals surface area contributed by atoms with Gasteiger partial charge in [0.1, 0.15) is 0 Å². The smallest absolute Gasteiger partial charge is 0.277 e. The Kier molecular flexibility index (Phi) is 7.92. The van der Waals surface area contributed by atoms with Crippen molar-refractivity contribution >= 4 is 34.0 Å². The van der Waals surface area contributed by atoms with Crippen LogP contribution in [0.15, 0.2) is 47.4 Å². The number of nitrogens with two attached hydrogens (primary N) is 1. The summed E-state index contributed by atoms with van der Waals surface area (Å²) in [6, 6.07) is 10.7. The molecule has 4 N–H and O–H groups in total. The number of hydrogen-bond donors (Lipinski definition) is 3. The van der Waals surface area contributed by atoms with Gasteiger partial charge in [0.15, 0.2) is 0 Å². The SMILES string of the molecule is Cc1cccc(NS(=O)(=O)c2ccc(C)c(C(=O)NCC(F)(F)CN)c2)c1.Cl. The van der Waals surface area contributed by atoms with Crippen LogP contribution in [-0.4, -0.2) is 33.3 Å². The minimum Gasteiger partial charge on any atom is -0.346 e. The Morgan fingerprint density at radius 2 is 1.82 bits per heavy atom. The molecule has 0 spiro atoms. The van der Waals surface area contributed by atoms with Gasteiger partial charge in [-0.1, -0.05) is 18.2 Å². The summed E-state index contributed by atoms with van der Waals surface area (Å²) >= 11 is 0. The summed E-state index contributed by atoms with van der Waals surface area (Å²) in [4.78, 5) is 12.1. The molecular formula is C18H22ClF2N3O3S. The molecule has 6 nitrogen and oxygen atoms in total. The number of aryl methyl sites for hydroxylation is 2. The van der Waals surface area contributed by atoms with Crippen LogP contribution in [0.1, 0.15) is 21.5 Å². The molecule has 2 aromatic carbocycles. The summed E-state index contributed by atoms with van der Waals surface area (Å²) in [6.45, 7) is 1.57. The maximum atomic E-state index is 13.2. The summed E-state index contributed by atoms with van der Waals surface area (Å²) in [5, 5.41) is 2.08. The van der Waals surface area contributed by atoms with Crippen LogP contribution in [-0.2, 0) is 10.0 Å². The average Bonchev–Trinajstić information content (AvgIpc) is 2.59. The van der Waals surface area contributed by atoms with Crippen molar-refractivity contribution in [3.63, 3.8) is 0 Å². The Balaban J connectivity index is 0.00000392. The summed E-state index contributed by atoms with van der Waals surface area (Å²) < 4.78 is 54.1. The number of nitrogens with one attached hydrogen (secondary N) is 2. The number of anilines is 1. The van der Waals surface area contributed by atoms with E-state index in [2.05, 4.69) is 10.0 Å². The van der Waals surface area contributed by atoms with E-state index < -0.39 is 34.9 Å². The summed E-state index contributed by atoms with van der Waals surface area (Å²) in [7, 11) is -3.95. The number of sulfonamides is 1. The number of hydrogen-bond acceptors (Lipinski definition) is 4. The first-order chi connectivity index (χ1) is 12.5. The van der Waals surface area contributed by atoms with Gasteiger partial charge in [-0.2, -0.15) is 0 Å². The second-order valence-corrected chi connectivity index (χ2v) is 7.88. The van der Waals surface area contributed by atoms with E-state index in [4.69, 9.17) is 5.73 Å². The molecule has 0 radical (unpaired) electrons. The largest absolute Gasteiger partial charge is 0.346 e. The van der Waals surface area contributed by atoms with Crippen molar-refractivity contribution in [3.05, 3.63) is 59.2 Å². The van der Waals surface area contributed by atoms with Gasteiger partial charge in [0.05, 0.1) is 18.0 Å². The number of amides is 1. The van der Waals surface area contributed by atoms with Gasteiger partial charge < -0.3 is 11.1 Å². The first-order valence-electron chi connectivity index (χ1n) is 8.10. The van der Waals surface area contributed by atoms with Crippen molar-refractivity contribution in [1.29, 1.82) is 0 Å². The van der Waals surface area contributed by atoms with Gasteiger partial charge in [0.2, 0.25) is 0 Å². The van der Waals surface area contributed by atoms with Crippen molar-refractivity contribution < 1.29 is 22.0 Å². The number of benzene rings is 2. The highest BCUT2D eigenvalue weighted by molar-refractivity contribution is 7.92. The molecule has 0 aliphatic carbocycles. The van der Waals surface area contributed by atoms with Crippen LogP contribution in [0.5, 0.6) is 0 Å². The highest BCUT2D eigenvalue weighted by atomic mass is 35.5. The van der Waals surface area contributed by atoms with Crippen LogP contribution < -0.4 is 15.8 Å². The molecule has 2 rings (SSSR count). The summed E-state index contributed by atoms with van der Waals surface area (Å²) in [5.41, 5.74) is 6.64. The van der Waals surface area contributed by atoms with Crippen molar-refractivity contribution in [2.24, 2.45) is 5.73 Å². The van der Waals surface area contributed by atoms with E-state index in [-0.39, 0.29) is 22.9 Å². The summed E-state index contributed by atoms with van der Waals surface area (Å²) in [5.74, 6) is -4.03. The predicted octanol–water partition coefficient (Wildman–Crippen LogP) is 2.85. The normalized spacial score (nSPS) is 11.5. The second-order valence-electron chi connectivity index (χ2n) is 6.19. The van der Waals surface area contributed by atoms with Gasteiger partial charge in [-0.05, 0) is 49.2 Å². The third kappa shape index (κ3) is 6.15. The van der Waals surface area contributed by atoms with Crippen molar-refractivity contribution in [3.8, 4) is 0 Å². The Labute approximate surface area is 169 Å². The van der Waals surface area contributed by atoms with Gasteiger partial charge in [-0.3, -0.25) is 9.52 Å². The zero-order valence-electron chi connectivity index (χ0n) is 15.3. The molecule has 28 heavy (non-hydrogen) atoms. The van der Waals surface area contributed by atoms with Crippen LogP contribution >= 0.6 is 12.4 Å². The first kappa shape index (κ1) is 23.8. The Bertz CT molecular complexity index is 953. The lowest BCUT2D eigenvalue weighted by Gasteiger charge is -2.16. The number of alkyl halides is 2. The molecule has 0 saturated carbocycles. The van der Waals surface area contributed by atoms with E-state index in [1.807, 2.05) is 13.0 Å². The van der Waals surface area contributed by atoms with Crippen LogP contribution in [0.2, 0.25) is 0 Å². The Morgan fingerprint density at radius 1 is 1.14 bits per heavy atom. The maximum absolute atomic E-state index is 13.2. The van der Waals surface area contributed by atoms with Gasteiger partial charge in [-0.25, -0.2) is 17.2 Å². The average molecular weight is 434 g/mol. The van der Waals surface area contributed by atoms with Gasteiger partial charge >= 0.3 is 0 Å². The molecule has 0 heterocycles. The third-order valence-corrected chi connectivity index (χ3v) is 5.22. The predicted molar refractivity (Wildman–Crippen MR) is 107 cm³/mol. The molecule has 0 aliphatic heterocycles. The molecule has 2 aromatic rings.